The second-order valence-electron chi connectivity index (χ2n) is 6.80. The third kappa shape index (κ3) is 7.49. The van der Waals surface area contributed by atoms with Gasteiger partial charge in [0.1, 0.15) is 0 Å². The molecule has 0 amide bonds. The zero-order chi connectivity index (χ0) is 20.6. The molecule has 1 heterocycles. The van der Waals surface area contributed by atoms with Gasteiger partial charge in [0, 0.05) is 31.2 Å². The lowest BCUT2D eigenvalue weighted by Crippen LogP contribution is -2.50. The smallest absolute Gasteiger partial charge is 0.214 e. The van der Waals surface area contributed by atoms with E-state index in [1.54, 1.807) is 10.4 Å². The molecule has 1 aromatic carbocycles. The number of hydrogen-bond acceptors (Lipinski definition) is 5. The predicted octanol–water partition coefficient (Wildman–Crippen LogP) is 2.28. The number of guanidine groups is 1. The topological polar surface area (TPSA) is 103 Å². The van der Waals surface area contributed by atoms with Crippen molar-refractivity contribution < 1.29 is 18.3 Å². The lowest BCUT2D eigenvalue weighted by molar-refractivity contribution is 0.306. The summed E-state index contributed by atoms with van der Waals surface area (Å²) in [7, 11) is -1.62. The molecule has 1 aliphatic heterocycles. The van der Waals surface area contributed by atoms with E-state index < -0.39 is 10.0 Å². The Labute approximate surface area is 191 Å². The molecule has 166 valence electrons. The van der Waals surface area contributed by atoms with Crippen LogP contribution in [0.15, 0.2) is 23.2 Å². The lowest BCUT2D eigenvalue weighted by atomic mass is 10.1. The third-order valence-electron chi connectivity index (χ3n) is 4.70. The van der Waals surface area contributed by atoms with Gasteiger partial charge in [-0.25, -0.2) is 17.7 Å². The van der Waals surface area contributed by atoms with Gasteiger partial charge in [0.05, 0.1) is 19.4 Å². The molecule has 8 nitrogen and oxygen atoms in total. The highest BCUT2D eigenvalue weighted by molar-refractivity contribution is 14.0. The molecule has 3 N–H and O–H groups in total. The zero-order valence-corrected chi connectivity index (χ0v) is 20.5. The van der Waals surface area contributed by atoms with E-state index in [0.717, 1.165) is 12.8 Å². The molecule has 0 spiro atoms. The van der Waals surface area contributed by atoms with Gasteiger partial charge in [-0.15, -0.1) is 24.0 Å². The fourth-order valence-corrected chi connectivity index (χ4v) is 4.74. The van der Waals surface area contributed by atoms with E-state index in [0.29, 0.717) is 49.9 Å². The van der Waals surface area contributed by atoms with Crippen molar-refractivity contribution >= 4 is 40.0 Å². The van der Waals surface area contributed by atoms with Crippen molar-refractivity contribution in [2.75, 3.05) is 32.5 Å². The van der Waals surface area contributed by atoms with Gasteiger partial charge in [0.25, 0.3) is 0 Å². The average Bonchev–Trinajstić information content (AvgIpc) is 2.67. The number of sulfonamides is 1. The van der Waals surface area contributed by atoms with E-state index in [1.807, 2.05) is 26.0 Å². The van der Waals surface area contributed by atoms with E-state index in [1.165, 1.54) is 7.11 Å². The number of piperidine rings is 1. The fraction of sp³-hybridized carbons (Fsp3) is 0.632. The maximum absolute atomic E-state index is 12.2. The molecule has 2 rings (SSSR count). The van der Waals surface area contributed by atoms with Crippen LogP contribution >= 0.6 is 24.0 Å². The van der Waals surface area contributed by atoms with Crippen LogP contribution in [-0.2, 0) is 16.6 Å². The summed E-state index contributed by atoms with van der Waals surface area (Å²) in [5, 5.41) is 16.8. The average molecular weight is 540 g/mol. The number of aromatic hydroxyl groups is 1. The Hall–Kier alpha value is -1.27. The molecule has 0 unspecified atom stereocenters. The van der Waals surface area contributed by atoms with Crippen molar-refractivity contribution in [3.63, 3.8) is 0 Å². The number of nitrogens with one attached hydrogen (secondary N) is 2. The summed E-state index contributed by atoms with van der Waals surface area (Å²) in [6.45, 7) is 5.93. The summed E-state index contributed by atoms with van der Waals surface area (Å²) < 4.78 is 31.1. The zero-order valence-electron chi connectivity index (χ0n) is 17.3. The SMILES string of the molecule is CCCS(=O)(=O)N1CCC(NC(=NCc2cccc(OC)c2O)NCC)CC1.I. The van der Waals surface area contributed by atoms with Crippen LogP contribution in [0.4, 0.5) is 0 Å². The molecule has 1 fully saturated rings. The molecule has 29 heavy (non-hydrogen) atoms. The summed E-state index contributed by atoms with van der Waals surface area (Å²) >= 11 is 0. The summed E-state index contributed by atoms with van der Waals surface area (Å²) in [5.74, 6) is 1.38. The van der Waals surface area contributed by atoms with Gasteiger partial charge in [0.15, 0.2) is 17.5 Å². The van der Waals surface area contributed by atoms with E-state index in [2.05, 4.69) is 15.6 Å². The molecule has 10 heteroatoms. The Morgan fingerprint density at radius 3 is 2.59 bits per heavy atom. The molecule has 1 saturated heterocycles. The Balaban J connectivity index is 0.00000420. The molecule has 0 bridgehead atoms. The van der Waals surface area contributed by atoms with Crippen molar-refractivity contribution in [2.45, 2.75) is 45.7 Å². The quantitative estimate of drug-likeness (QED) is 0.266. The summed E-state index contributed by atoms with van der Waals surface area (Å²) in [6, 6.07) is 5.48. The minimum Gasteiger partial charge on any atom is -0.504 e. The third-order valence-corrected chi connectivity index (χ3v) is 6.78. The van der Waals surface area contributed by atoms with Crippen molar-refractivity contribution in [3.8, 4) is 11.5 Å². The second-order valence-corrected chi connectivity index (χ2v) is 8.89. The lowest BCUT2D eigenvalue weighted by Gasteiger charge is -2.32. The van der Waals surface area contributed by atoms with E-state index in [9.17, 15) is 13.5 Å². The first-order valence-corrected chi connectivity index (χ1v) is 11.4. The summed E-state index contributed by atoms with van der Waals surface area (Å²) in [4.78, 5) is 4.56. The summed E-state index contributed by atoms with van der Waals surface area (Å²) in [5.41, 5.74) is 0.678. The fourth-order valence-electron chi connectivity index (χ4n) is 3.20. The van der Waals surface area contributed by atoms with Crippen molar-refractivity contribution in [1.29, 1.82) is 0 Å². The van der Waals surface area contributed by atoms with E-state index >= 15 is 0 Å². The Kier molecular flexibility index (Phi) is 11.0. The van der Waals surface area contributed by atoms with Crippen molar-refractivity contribution in [2.24, 2.45) is 4.99 Å². The van der Waals surface area contributed by atoms with Gasteiger partial charge < -0.3 is 20.5 Å². The molecular formula is C19H33IN4O4S. The first-order valence-electron chi connectivity index (χ1n) is 9.78. The predicted molar refractivity (Wildman–Crippen MR) is 127 cm³/mol. The number of hydrogen-bond donors (Lipinski definition) is 3. The van der Waals surface area contributed by atoms with Crippen LogP contribution in [0.1, 0.15) is 38.7 Å². The minimum atomic E-state index is -3.13. The van der Waals surface area contributed by atoms with Crippen molar-refractivity contribution in [3.05, 3.63) is 23.8 Å². The van der Waals surface area contributed by atoms with Crippen LogP contribution < -0.4 is 15.4 Å². The maximum Gasteiger partial charge on any atom is 0.214 e. The molecule has 0 saturated carbocycles. The molecule has 0 radical (unpaired) electrons. The number of phenolic OH excluding ortho intramolecular Hbond substituents is 1. The second kappa shape index (κ2) is 12.4. The van der Waals surface area contributed by atoms with E-state index in [4.69, 9.17) is 4.74 Å². The molecular weight excluding hydrogens is 507 g/mol. The number of methoxy groups -OCH3 is 1. The van der Waals surface area contributed by atoms with Gasteiger partial charge in [0.2, 0.25) is 10.0 Å². The van der Waals surface area contributed by atoms with Gasteiger partial charge in [-0.1, -0.05) is 19.1 Å². The largest absolute Gasteiger partial charge is 0.504 e. The molecule has 0 aliphatic carbocycles. The number of aliphatic imine (C=N–C) groups is 1. The Morgan fingerprint density at radius 2 is 2.00 bits per heavy atom. The minimum absolute atomic E-state index is 0. The normalized spacial score (nSPS) is 16.2. The first kappa shape index (κ1) is 25.8. The van der Waals surface area contributed by atoms with Crippen LogP contribution in [0.3, 0.4) is 0 Å². The highest BCUT2D eigenvalue weighted by atomic mass is 127. The van der Waals surface area contributed by atoms with Crippen LogP contribution in [0.5, 0.6) is 11.5 Å². The van der Waals surface area contributed by atoms with Crippen LogP contribution in [-0.4, -0.2) is 62.3 Å². The standard InChI is InChI=1S/C19H32N4O4S.HI/c1-4-13-28(25,26)23-11-9-16(10-12-23)22-19(20-5-2)21-14-15-7-6-8-17(27-3)18(15)24;/h6-8,16,24H,4-5,9-14H2,1-3H3,(H2,20,21,22);1H. The van der Waals surface area contributed by atoms with Crippen LogP contribution in [0, 0.1) is 0 Å². The number of nitrogens with zero attached hydrogens (tertiary/aromatic N) is 2. The van der Waals surface area contributed by atoms with Crippen molar-refractivity contribution in [1.82, 2.24) is 14.9 Å². The number of phenols is 1. The van der Waals surface area contributed by atoms with Gasteiger partial charge in [-0.3, -0.25) is 0 Å². The molecule has 1 aromatic rings. The number of para-hydroxylation sites is 1. The van der Waals surface area contributed by atoms with E-state index in [-0.39, 0.29) is 41.5 Å². The Bertz CT molecular complexity index is 765. The highest BCUT2D eigenvalue weighted by Crippen LogP contribution is 2.29. The van der Waals surface area contributed by atoms with Crippen LogP contribution in [0.2, 0.25) is 0 Å². The number of halogens is 1. The van der Waals surface area contributed by atoms with Gasteiger partial charge in [-0.05, 0) is 32.3 Å². The van der Waals surface area contributed by atoms with Gasteiger partial charge in [-0.2, -0.15) is 0 Å². The number of benzene rings is 1. The molecule has 0 aromatic heterocycles. The number of ether oxygens (including phenoxy) is 1. The highest BCUT2D eigenvalue weighted by Gasteiger charge is 2.27. The number of rotatable bonds is 8. The Morgan fingerprint density at radius 1 is 1.31 bits per heavy atom. The summed E-state index contributed by atoms with van der Waals surface area (Å²) in [6.07, 6.45) is 2.10. The van der Waals surface area contributed by atoms with Gasteiger partial charge >= 0.3 is 0 Å². The molecule has 1 aliphatic rings. The molecule has 0 atom stereocenters. The van der Waals surface area contributed by atoms with Crippen LogP contribution in [0.25, 0.3) is 0 Å². The first-order chi connectivity index (χ1) is 13.4. The monoisotopic (exact) mass is 540 g/mol. The maximum atomic E-state index is 12.2.